The monoisotopic (exact) mass is 598 g/mol. The summed E-state index contributed by atoms with van der Waals surface area (Å²) in [7, 11) is -3.71. The number of hydrogen-bond acceptors (Lipinski definition) is 8. The van der Waals surface area contributed by atoms with Gasteiger partial charge in [-0.25, -0.2) is 8.42 Å². The Hall–Kier alpha value is -3.81. The van der Waals surface area contributed by atoms with Crippen LogP contribution >= 0.6 is 0 Å². The van der Waals surface area contributed by atoms with Gasteiger partial charge in [-0.1, -0.05) is 48.6 Å². The topological polar surface area (TPSA) is 151 Å². The molecular formula is C29H34N4O8S. The predicted octanol–water partition coefficient (Wildman–Crippen LogP) is 0.924. The fourth-order valence-electron chi connectivity index (χ4n) is 5.73. The number of sulfonamides is 1. The number of ether oxygens (including phenoxy) is 2. The molecule has 2 saturated heterocycles. The normalized spacial score (nSPS) is 27.5. The van der Waals surface area contributed by atoms with E-state index in [0.29, 0.717) is 12.0 Å². The molecule has 2 fully saturated rings. The molecule has 13 heteroatoms. The summed E-state index contributed by atoms with van der Waals surface area (Å²) < 4.78 is 37.0. The highest BCUT2D eigenvalue weighted by Gasteiger charge is 2.47. The van der Waals surface area contributed by atoms with E-state index in [2.05, 4.69) is 10.6 Å². The number of rotatable bonds is 7. The van der Waals surface area contributed by atoms with Crippen LogP contribution in [0.3, 0.4) is 0 Å². The molecule has 3 aliphatic rings. The Morgan fingerprint density at radius 3 is 2.52 bits per heavy atom. The first-order valence-electron chi connectivity index (χ1n) is 13.9. The van der Waals surface area contributed by atoms with E-state index < -0.39 is 64.2 Å². The molecule has 0 spiro atoms. The summed E-state index contributed by atoms with van der Waals surface area (Å²) in [6.07, 6.45) is 4.07. The number of cyclic esters (lactones) is 1. The highest BCUT2D eigenvalue weighted by atomic mass is 32.2. The Morgan fingerprint density at radius 1 is 1.02 bits per heavy atom. The zero-order valence-electron chi connectivity index (χ0n) is 23.4. The van der Waals surface area contributed by atoms with Gasteiger partial charge in [-0.2, -0.15) is 4.31 Å². The molecule has 0 saturated carbocycles. The van der Waals surface area contributed by atoms with E-state index in [0.717, 1.165) is 17.0 Å². The smallest absolute Gasteiger partial charge is 0.310 e. The molecule has 0 radical (unpaired) electrons. The van der Waals surface area contributed by atoms with Crippen molar-refractivity contribution in [3.05, 3.63) is 60.2 Å². The highest BCUT2D eigenvalue weighted by Crippen LogP contribution is 2.26. The van der Waals surface area contributed by atoms with Crippen molar-refractivity contribution in [1.29, 1.82) is 0 Å². The molecule has 12 nitrogen and oxygen atoms in total. The van der Waals surface area contributed by atoms with Gasteiger partial charge >= 0.3 is 5.97 Å². The number of carbonyl (C=O) groups excluding carboxylic acids is 4. The third-order valence-electron chi connectivity index (χ3n) is 7.75. The fourth-order valence-corrected chi connectivity index (χ4v) is 6.58. The van der Waals surface area contributed by atoms with Crippen molar-refractivity contribution in [1.82, 2.24) is 19.8 Å². The molecular weight excluding hydrogens is 564 g/mol. The minimum absolute atomic E-state index is 0.00468. The number of carbonyl (C=O) groups is 4. The lowest BCUT2D eigenvalue weighted by Crippen LogP contribution is -2.68. The zero-order chi connectivity index (χ0) is 30.0. The number of hydrogen-bond donors (Lipinski definition) is 2. The van der Waals surface area contributed by atoms with Crippen molar-refractivity contribution in [2.45, 2.75) is 56.6 Å². The second-order valence-corrected chi connectivity index (χ2v) is 12.6. The molecule has 5 rings (SSSR count). The molecule has 224 valence electrons. The maximum Gasteiger partial charge on any atom is 0.310 e. The Balaban J connectivity index is 1.43. The average Bonchev–Trinajstić information content (AvgIpc) is 3.30. The Labute approximate surface area is 244 Å². The van der Waals surface area contributed by atoms with Crippen LogP contribution in [0.1, 0.15) is 36.5 Å². The van der Waals surface area contributed by atoms with Crippen molar-refractivity contribution in [3.8, 4) is 0 Å². The first-order valence-corrected chi connectivity index (χ1v) is 15.7. The average molecular weight is 599 g/mol. The van der Waals surface area contributed by atoms with Crippen molar-refractivity contribution >= 4 is 44.5 Å². The Morgan fingerprint density at radius 2 is 1.76 bits per heavy atom. The molecule has 0 aromatic heterocycles. The summed E-state index contributed by atoms with van der Waals surface area (Å²) in [5.74, 6) is -2.11. The lowest BCUT2D eigenvalue weighted by Gasteiger charge is -2.46. The fraction of sp³-hybridized carbons (Fsp3) is 0.448. The van der Waals surface area contributed by atoms with Crippen molar-refractivity contribution in [3.63, 3.8) is 0 Å². The molecule has 2 aromatic carbocycles. The number of esters is 1. The van der Waals surface area contributed by atoms with Gasteiger partial charge in [-0.05, 0) is 36.6 Å². The number of fused-ring (bicyclic) bond motifs is 2. The standard InChI is InChI=1S/C29H34N4O8S/c1-3-40-29-23(15-25(34)41-29)31-27(36)24-17-32(42(2,38)39)16-19-11-5-7-14-22(28(37)33(19)24)30-26(35)21-13-8-10-18-9-4-6-12-20(18)21/h4-10,12-13,19,22-24,29H,3,11,14-17H2,1-2H3,(H,30,35)(H,31,36)/b7-5-/t19-,22-,23?,24-,29?/m0/s1. The van der Waals surface area contributed by atoms with Crippen LogP contribution in [0.4, 0.5) is 0 Å². The number of nitrogens with zero attached hydrogens (tertiary/aromatic N) is 2. The van der Waals surface area contributed by atoms with Crippen LogP contribution in [-0.4, -0.2) is 97.7 Å². The van der Waals surface area contributed by atoms with Gasteiger partial charge in [0.15, 0.2) is 0 Å². The molecule has 2 N–H and O–H groups in total. The first kappa shape index (κ1) is 29.7. The van der Waals surface area contributed by atoms with Gasteiger partial charge in [0.2, 0.25) is 28.1 Å². The minimum Gasteiger partial charge on any atom is -0.433 e. The molecule has 3 amide bonds. The Kier molecular flexibility index (Phi) is 8.62. The van der Waals surface area contributed by atoms with Gasteiger partial charge in [0, 0.05) is 31.3 Å². The van der Waals surface area contributed by atoms with Gasteiger partial charge in [0.1, 0.15) is 18.1 Å². The molecule has 2 aromatic rings. The molecule has 2 unspecified atom stereocenters. The van der Waals surface area contributed by atoms with Crippen LogP contribution in [0.2, 0.25) is 0 Å². The summed E-state index contributed by atoms with van der Waals surface area (Å²) >= 11 is 0. The second-order valence-electron chi connectivity index (χ2n) is 10.6. The summed E-state index contributed by atoms with van der Waals surface area (Å²) in [6.45, 7) is 1.68. The zero-order valence-corrected chi connectivity index (χ0v) is 24.2. The van der Waals surface area contributed by atoms with Crippen molar-refractivity contribution in [2.75, 3.05) is 26.0 Å². The van der Waals surface area contributed by atoms with Gasteiger partial charge in [0.25, 0.3) is 5.91 Å². The predicted molar refractivity (Wildman–Crippen MR) is 152 cm³/mol. The molecule has 3 aliphatic heterocycles. The largest absolute Gasteiger partial charge is 0.433 e. The first-order chi connectivity index (χ1) is 20.1. The van der Waals surface area contributed by atoms with E-state index in [-0.39, 0.29) is 32.5 Å². The van der Waals surface area contributed by atoms with Gasteiger partial charge in [-0.3, -0.25) is 19.2 Å². The van der Waals surface area contributed by atoms with Crippen LogP contribution in [0, 0.1) is 0 Å². The van der Waals surface area contributed by atoms with E-state index >= 15 is 0 Å². The number of benzene rings is 2. The van der Waals surface area contributed by atoms with Crippen LogP contribution < -0.4 is 10.6 Å². The third-order valence-corrected chi connectivity index (χ3v) is 8.99. The molecule has 42 heavy (non-hydrogen) atoms. The van der Waals surface area contributed by atoms with Crippen molar-refractivity contribution in [2.24, 2.45) is 0 Å². The van der Waals surface area contributed by atoms with E-state index in [1.165, 1.54) is 9.21 Å². The van der Waals surface area contributed by atoms with Gasteiger partial charge in [0.05, 0.1) is 12.7 Å². The lowest BCUT2D eigenvalue weighted by atomic mass is 9.97. The van der Waals surface area contributed by atoms with E-state index in [9.17, 15) is 27.6 Å². The molecule has 5 atom stereocenters. The van der Waals surface area contributed by atoms with Crippen LogP contribution in [0.25, 0.3) is 10.8 Å². The van der Waals surface area contributed by atoms with Gasteiger partial charge < -0.3 is 25.0 Å². The summed E-state index contributed by atoms with van der Waals surface area (Å²) in [5.41, 5.74) is 0.410. The Bertz CT molecular complexity index is 1520. The summed E-state index contributed by atoms with van der Waals surface area (Å²) in [6, 6.07) is 9.10. The lowest BCUT2D eigenvalue weighted by molar-refractivity contribution is -0.165. The maximum atomic E-state index is 14.1. The minimum atomic E-state index is -3.71. The molecule has 0 aliphatic carbocycles. The molecule has 3 heterocycles. The quantitative estimate of drug-likeness (QED) is 0.353. The summed E-state index contributed by atoms with van der Waals surface area (Å²) in [4.78, 5) is 54.6. The van der Waals surface area contributed by atoms with E-state index in [1.807, 2.05) is 36.4 Å². The third kappa shape index (κ3) is 6.18. The van der Waals surface area contributed by atoms with E-state index in [1.54, 1.807) is 25.1 Å². The summed E-state index contributed by atoms with van der Waals surface area (Å²) in [5, 5.41) is 7.21. The molecule has 0 bridgehead atoms. The van der Waals surface area contributed by atoms with Crippen LogP contribution in [0.15, 0.2) is 54.6 Å². The van der Waals surface area contributed by atoms with Gasteiger partial charge in [-0.15, -0.1) is 0 Å². The SMILES string of the molecule is CCOC1OC(=O)CC1NC(=O)[C@@H]1CN(S(C)(=O)=O)C[C@@H]2C/C=C\C[C@H](NC(=O)c3cccc4ccccc34)C(=O)N21. The van der Waals surface area contributed by atoms with Crippen LogP contribution in [0.5, 0.6) is 0 Å². The second kappa shape index (κ2) is 12.2. The maximum absolute atomic E-state index is 14.1. The highest BCUT2D eigenvalue weighted by molar-refractivity contribution is 7.88. The van der Waals surface area contributed by atoms with Crippen LogP contribution in [-0.2, 0) is 33.9 Å². The number of piperazine rings is 1. The number of amides is 3. The number of nitrogens with one attached hydrogen (secondary N) is 2. The van der Waals surface area contributed by atoms with E-state index in [4.69, 9.17) is 9.47 Å². The van der Waals surface area contributed by atoms with Crippen molar-refractivity contribution < 1.29 is 37.1 Å².